The molecule has 3 rings (SSSR count). The fourth-order valence-corrected chi connectivity index (χ4v) is 2.02. The van der Waals surface area contributed by atoms with Crippen LogP contribution in [0.15, 0.2) is 30.5 Å². The number of phenols is 1. The molecule has 0 saturated carbocycles. The quantitative estimate of drug-likeness (QED) is 0.350. The van der Waals surface area contributed by atoms with E-state index in [9.17, 15) is 5.11 Å². The van der Waals surface area contributed by atoms with Gasteiger partial charge in [-0.1, -0.05) is 12.1 Å². The summed E-state index contributed by atoms with van der Waals surface area (Å²) >= 11 is 0. The van der Waals surface area contributed by atoms with Crippen LogP contribution in [0.2, 0.25) is 0 Å². The molecule has 0 atom stereocenters. The third-order valence-electron chi connectivity index (χ3n) is 3.08. The van der Waals surface area contributed by atoms with Gasteiger partial charge < -0.3 is 10.4 Å². The van der Waals surface area contributed by atoms with Crippen LogP contribution >= 0.6 is 0 Å². The lowest BCUT2D eigenvalue weighted by molar-refractivity contribution is 0.475. The predicted octanol–water partition coefficient (Wildman–Crippen LogP) is 0.999. The molecule has 21 heavy (non-hydrogen) atoms. The Morgan fingerprint density at radius 3 is 2.76 bits per heavy atom. The summed E-state index contributed by atoms with van der Waals surface area (Å²) in [6.45, 7) is 0.687. The van der Waals surface area contributed by atoms with Gasteiger partial charge in [-0.2, -0.15) is 15.1 Å². The molecule has 0 radical (unpaired) electrons. The van der Waals surface area contributed by atoms with E-state index < -0.39 is 0 Å². The van der Waals surface area contributed by atoms with Gasteiger partial charge in [0.2, 0.25) is 5.95 Å². The Hall–Kier alpha value is -2.87. The highest BCUT2D eigenvalue weighted by Gasteiger charge is 2.08. The maximum atomic E-state index is 9.25. The standard InChI is InChI=1S/C13H15N7O/c14-19-13-17-11(10-7-16-20-12(10)18-13)15-6-5-8-1-3-9(21)4-2-8/h1-4,7,21H,5-6,14H2,(H3,15,16,17,18,19,20). The number of nitrogens with two attached hydrogens (primary N) is 1. The van der Waals surface area contributed by atoms with Gasteiger partial charge >= 0.3 is 0 Å². The van der Waals surface area contributed by atoms with E-state index in [1.165, 1.54) is 0 Å². The Morgan fingerprint density at radius 1 is 1.19 bits per heavy atom. The molecule has 0 unspecified atom stereocenters. The lowest BCUT2D eigenvalue weighted by atomic mass is 10.1. The number of aromatic nitrogens is 4. The number of benzene rings is 1. The second kappa shape index (κ2) is 5.63. The zero-order valence-corrected chi connectivity index (χ0v) is 11.2. The van der Waals surface area contributed by atoms with Crippen LogP contribution in [0.3, 0.4) is 0 Å². The van der Waals surface area contributed by atoms with Crippen molar-refractivity contribution in [2.75, 3.05) is 17.3 Å². The van der Waals surface area contributed by atoms with E-state index in [1.807, 2.05) is 12.1 Å². The number of anilines is 2. The van der Waals surface area contributed by atoms with E-state index >= 15 is 0 Å². The molecular weight excluding hydrogens is 270 g/mol. The molecule has 0 amide bonds. The van der Waals surface area contributed by atoms with E-state index in [1.54, 1.807) is 18.3 Å². The number of H-pyrrole nitrogens is 1. The number of hydrogen-bond donors (Lipinski definition) is 5. The van der Waals surface area contributed by atoms with Crippen molar-refractivity contribution in [3.05, 3.63) is 36.0 Å². The van der Waals surface area contributed by atoms with Crippen LogP contribution in [-0.2, 0) is 6.42 Å². The van der Waals surface area contributed by atoms with Gasteiger partial charge in [-0.3, -0.25) is 10.5 Å². The minimum Gasteiger partial charge on any atom is -0.508 e. The number of nitrogen functional groups attached to an aromatic ring is 1. The molecule has 6 N–H and O–H groups in total. The average Bonchev–Trinajstić information content (AvgIpc) is 2.97. The number of fused-ring (bicyclic) bond motifs is 1. The summed E-state index contributed by atoms with van der Waals surface area (Å²) in [7, 11) is 0. The average molecular weight is 285 g/mol. The van der Waals surface area contributed by atoms with E-state index in [0.717, 1.165) is 17.4 Å². The highest BCUT2D eigenvalue weighted by Crippen LogP contribution is 2.19. The number of aromatic hydroxyl groups is 1. The Morgan fingerprint density at radius 2 is 2.00 bits per heavy atom. The zero-order chi connectivity index (χ0) is 14.7. The van der Waals surface area contributed by atoms with Gasteiger partial charge in [0.1, 0.15) is 11.6 Å². The van der Waals surface area contributed by atoms with E-state index in [4.69, 9.17) is 5.84 Å². The fraction of sp³-hybridized carbons (Fsp3) is 0.154. The first-order chi connectivity index (χ1) is 10.3. The van der Waals surface area contributed by atoms with E-state index in [-0.39, 0.29) is 5.75 Å². The van der Waals surface area contributed by atoms with Crippen LogP contribution in [0.1, 0.15) is 5.56 Å². The van der Waals surface area contributed by atoms with Crippen LogP contribution in [0.25, 0.3) is 11.0 Å². The number of rotatable bonds is 5. The van der Waals surface area contributed by atoms with Crippen molar-refractivity contribution in [1.82, 2.24) is 20.2 Å². The molecule has 1 aromatic carbocycles. The highest BCUT2D eigenvalue weighted by molar-refractivity contribution is 5.86. The summed E-state index contributed by atoms with van der Waals surface area (Å²) in [5.74, 6) is 6.60. The van der Waals surface area contributed by atoms with Gasteiger partial charge in [0.05, 0.1) is 11.6 Å². The number of hydrazine groups is 1. The molecule has 0 spiro atoms. The van der Waals surface area contributed by atoms with Gasteiger partial charge in [-0.25, -0.2) is 5.84 Å². The second-order valence-corrected chi connectivity index (χ2v) is 4.52. The third kappa shape index (κ3) is 2.84. The maximum absolute atomic E-state index is 9.25. The summed E-state index contributed by atoms with van der Waals surface area (Å²) in [5, 5.41) is 20.0. The largest absolute Gasteiger partial charge is 0.508 e. The molecule has 0 aliphatic heterocycles. The van der Waals surface area contributed by atoms with Crippen LogP contribution in [0.4, 0.5) is 11.8 Å². The van der Waals surface area contributed by atoms with Crippen molar-refractivity contribution in [1.29, 1.82) is 0 Å². The first-order valence-corrected chi connectivity index (χ1v) is 6.46. The normalized spacial score (nSPS) is 10.7. The number of nitrogens with zero attached hydrogens (tertiary/aromatic N) is 3. The summed E-state index contributed by atoms with van der Waals surface area (Å²) in [6.07, 6.45) is 2.47. The van der Waals surface area contributed by atoms with E-state index in [0.29, 0.717) is 24.0 Å². The molecule has 0 aliphatic carbocycles. The summed E-state index contributed by atoms with van der Waals surface area (Å²) in [6, 6.07) is 7.12. The maximum Gasteiger partial charge on any atom is 0.241 e. The minimum atomic E-state index is 0.265. The molecule has 0 bridgehead atoms. The number of aromatic amines is 1. The van der Waals surface area contributed by atoms with Crippen LogP contribution in [0, 0.1) is 0 Å². The molecule has 2 aromatic heterocycles. The Kier molecular flexibility index (Phi) is 3.52. The molecule has 8 heteroatoms. The lowest BCUT2D eigenvalue weighted by Gasteiger charge is -2.08. The first kappa shape index (κ1) is 13.1. The van der Waals surface area contributed by atoms with Gasteiger partial charge in [0.15, 0.2) is 5.65 Å². The molecule has 0 aliphatic rings. The van der Waals surface area contributed by atoms with E-state index in [2.05, 4.69) is 30.9 Å². The Balaban J connectivity index is 1.72. The monoisotopic (exact) mass is 285 g/mol. The molecular formula is C13H15N7O. The Bertz CT molecular complexity index is 738. The summed E-state index contributed by atoms with van der Waals surface area (Å²) < 4.78 is 0. The molecule has 2 heterocycles. The summed E-state index contributed by atoms with van der Waals surface area (Å²) in [5.41, 5.74) is 4.16. The molecule has 0 saturated heterocycles. The van der Waals surface area contributed by atoms with Crippen molar-refractivity contribution < 1.29 is 5.11 Å². The Labute approximate surface area is 120 Å². The van der Waals surface area contributed by atoms with Crippen LogP contribution in [-0.4, -0.2) is 31.8 Å². The lowest BCUT2D eigenvalue weighted by Crippen LogP contribution is -2.13. The highest BCUT2D eigenvalue weighted by atomic mass is 16.3. The molecule has 108 valence electrons. The smallest absolute Gasteiger partial charge is 0.241 e. The van der Waals surface area contributed by atoms with Crippen molar-refractivity contribution in [2.45, 2.75) is 6.42 Å². The summed E-state index contributed by atoms with van der Waals surface area (Å²) in [4.78, 5) is 8.44. The van der Waals surface area contributed by atoms with Gasteiger partial charge in [-0.15, -0.1) is 0 Å². The van der Waals surface area contributed by atoms with Gasteiger partial charge in [0.25, 0.3) is 0 Å². The number of phenolic OH excluding ortho intramolecular Hbond substituents is 1. The number of nitrogens with one attached hydrogen (secondary N) is 3. The van der Waals surface area contributed by atoms with Gasteiger partial charge in [0, 0.05) is 6.54 Å². The molecule has 0 fully saturated rings. The van der Waals surface area contributed by atoms with Crippen molar-refractivity contribution >= 4 is 22.8 Å². The SMILES string of the molecule is NNc1nc(NCCc2ccc(O)cc2)c2cn[nH]c2n1. The van der Waals surface area contributed by atoms with Crippen LogP contribution in [0.5, 0.6) is 5.75 Å². The zero-order valence-electron chi connectivity index (χ0n) is 11.2. The van der Waals surface area contributed by atoms with Crippen molar-refractivity contribution in [2.24, 2.45) is 5.84 Å². The van der Waals surface area contributed by atoms with Gasteiger partial charge in [-0.05, 0) is 24.1 Å². The molecule has 8 nitrogen and oxygen atoms in total. The van der Waals surface area contributed by atoms with Crippen LogP contribution < -0.4 is 16.6 Å². The minimum absolute atomic E-state index is 0.265. The third-order valence-corrected chi connectivity index (χ3v) is 3.08. The number of hydrogen-bond acceptors (Lipinski definition) is 7. The first-order valence-electron chi connectivity index (χ1n) is 6.46. The fourth-order valence-electron chi connectivity index (χ4n) is 2.02. The molecule has 3 aromatic rings. The van der Waals surface area contributed by atoms with Crippen molar-refractivity contribution in [3.63, 3.8) is 0 Å². The topological polar surface area (TPSA) is 125 Å². The predicted molar refractivity (Wildman–Crippen MR) is 79.8 cm³/mol. The second-order valence-electron chi connectivity index (χ2n) is 4.52. The van der Waals surface area contributed by atoms with Crippen molar-refractivity contribution in [3.8, 4) is 5.75 Å².